The van der Waals surface area contributed by atoms with Gasteiger partial charge in [-0.05, 0) is 53.3 Å². The summed E-state index contributed by atoms with van der Waals surface area (Å²) in [4.78, 5) is 36.4. The lowest BCUT2D eigenvalue weighted by Crippen LogP contribution is -2.29. The number of nitrogens with two attached hydrogens (primary N) is 2. The van der Waals surface area contributed by atoms with Crippen LogP contribution in [0, 0.1) is 5.41 Å². The number of nitrogens with zero attached hydrogens (tertiary/aromatic N) is 2. The minimum Gasteiger partial charge on any atom is -0.366 e. The molecule has 0 fully saturated rings. The summed E-state index contributed by atoms with van der Waals surface area (Å²) in [6.45, 7) is 3.43. The smallest absolute Gasteiger partial charge is 0.366 e. The molecule has 188 valence electrons. The number of aromatic nitrogens is 2. The van der Waals surface area contributed by atoms with Gasteiger partial charge in [-0.2, -0.15) is 18.3 Å². The lowest BCUT2D eigenvalue weighted by atomic mass is 9.75. The average molecular weight is 499 g/mol. The first-order chi connectivity index (χ1) is 16.8. The number of amides is 2. The van der Waals surface area contributed by atoms with Gasteiger partial charge in [-0.3, -0.25) is 14.4 Å². The number of hydrogen-bond acceptors (Lipinski definition) is 5. The molecule has 11 heteroatoms. The Bertz CT molecular complexity index is 1370. The first-order valence-corrected chi connectivity index (χ1v) is 11.1. The van der Waals surface area contributed by atoms with Gasteiger partial charge in [-0.25, -0.2) is 4.68 Å². The molecule has 0 unspecified atom stereocenters. The van der Waals surface area contributed by atoms with E-state index in [1.54, 1.807) is 24.3 Å². The highest BCUT2D eigenvalue weighted by Crippen LogP contribution is 2.42. The summed E-state index contributed by atoms with van der Waals surface area (Å²) in [5.41, 5.74) is 10.6. The second-order valence-electron chi connectivity index (χ2n) is 9.44. The average Bonchev–Trinajstić information content (AvgIpc) is 3.18. The molecule has 5 N–H and O–H groups in total. The summed E-state index contributed by atoms with van der Waals surface area (Å²) in [6, 6.07) is 10.8. The molecule has 2 aromatic carbocycles. The predicted octanol–water partition coefficient (Wildman–Crippen LogP) is 3.71. The number of primary amides is 1. The summed E-state index contributed by atoms with van der Waals surface area (Å²) < 4.78 is 42.6. The number of nitrogens with one attached hydrogen (secondary N) is 1. The van der Waals surface area contributed by atoms with Gasteiger partial charge in [0.15, 0.2) is 11.5 Å². The number of fused-ring (bicyclic) bond motifs is 1. The van der Waals surface area contributed by atoms with E-state index < -0.39 is 34.5 Å². The number of alkyl halides is 3. The van der Waals surface area contributed by atoms with Crippen LogP contribution < -0.4 is 16.8 Å². The zero-order valence-electron chi connectivity index (χ0n) is 19.6. The van der Waals surface area contributed by atoms with Crippen molar-refractivity contribution in [1.29, 1.82) is 0 Å². The Hall–Kier alpha value is -3.99. The van der Waals surface area contributed by atoms with Crippen molar-refractivity contribution >= 4 is 23.3 Å². The highest BCUT2D eigenvalue weighted by Gasteiger charge is 2.45. The molecule has 0 saturated heterocycles. The summed E-state index contributed by atoms with van der Waals surface area (Å²) in [7, 11) is 0. The van der Waals surface area contributed by atoms with Crippen LogP contribution in [-0.2, 0) is 17.4 Å². The Labute approximate surface area is 204 Å². The van der Waals surface area contributed by atoms with Crippen LogP contribution in [0.4, 0.5) is 18.9 Å². The molecule has 1 aromatic heterocycles. The van der Waals surface area contributed by atoms with E-state index in [1.807, 2.05) is 13.8 Å². The first kappa shape index (κ1) is 25.1. The minimum atomic E-state index is -4.81. The molecule has 0 bridgehead atoms. The van der Waals surface area contributed by atoms with E-state index >= 15 is 0 Å². The highest BCUT2D eigenvalue weighted by molar-refractivity contribution is 6.01. The van der Waals surface area contributed by atoms with Gasteiger partial charge in [0, 0.05) is 17.7 Å². The van der Waals surface area contributed by atoms with E-state index in [0.717, 1.165) is 4.68 Å². The van der Waals surface area contributed by atoms with E-state index in [9.17, 15) is 27.6 Å². The number of benzene rings is 2. The lowest BCUT2D eigenvalue weighted by Gasteiger charge is -2.29. The van der Waals surface area contributed by atoms with Crippen molar-refractivity contribution in [2.75, 3.05) is 11.9 Å². The van der Waals surface area contributed by atoms with Crippen molar-refractivity contribution < 1.29 is 27.6 Å². The maximum Gasteiger partial charge on any atom is 0.435 e. The van der Waals surface area contributed by atoms with Gasteiger partial charge in [-0.15, -0.1) is 0 Å². The quantitative estimate of drug-likeness (QED) is 0.492. The molecule has 0 saturated carbocycles. The molecule has 1 aliphatic rings. The van der Waals surface area contributed by atoms with Crippen LogP contribution in [0.15, 0.2) is 42.5 Å². The fraction of sp³-hybridized carbons (Fsp3) is 0.280. The van der Waals surface area contributed by atoms with Gasteiger partial charge in [-0.1, -0.05) is 26.0 Å². The van der Waals surface area contributed by atoms with Crippen molar-refractivity contribution in [2.45, 2.75) is 32.9 Å². The van der Waals surface area contributed by atoms with Crippen molar-refractivity contribution in [3.63, 3.8) is 0 Å². The molecule has 0 radical (unpaired) electrons. The van der Waals surface area contributed by atoms with Gasteiger partial charge in [0.1, 0.15) is 0 Å². The first-order valence-electron chi connectivity index (χ1n) is 11.1. The molecule has 3 aromatic rings. The van der Waals surface area contributed by atoms with E-state index in [1.165, 1.54) is 18.2 Å². The normalized spacial score (nSPS) is 14.9. The van der Waals surface area contributed by atoms with Crippen molar-refractivity contribution in [1.82, 2.24) is 9.78 Å². The number of ketones is 1. The van der Waals surface area contributed by atoms with Crippen LogP contribution in [0.2, 0.25) is 0 Å². The molecular formula is C25H24F3N5O3. The monoisotopic (exact) mass is 499 g/mol. The van der Waals surface area contributed by atoms with Crippen LogP contribution in [-0.4, -0.2) is 33.9 Å². The second-order valence-corrected chi connectivity index (χ2v) is 9.44. The Kier molecular flexibility index (Phi) is 6.21. The topological polar surface area (TPSA) is 133 Å². The van der Waals surface area contributed by atoms with Gasteiger partial charge in [0.05, 0.1) is 23.5 Å². The molecule has 36 heavy (non-hydrogen) atoms. The van der Waals surface area contributed by atoms with Crippen LogP contribution in [0.5, 0.6) is 0 Å². The second kappa shape index (κ2) is 8.90. The zero-order valence-corrected chi connectivity index (χ0v) is 19.6. The fourth-order valence-corrected chi connectivity index (χ4v) is 4.42. The molecular weight excluding hydrogens is 475 g/mol. The largest absolute Gasteiger partial charge is 0.435 e. The Morgan fingerprint density at radius 3 is 2.36 bits per heavy atom. The van der Waals surface area contributed by atoms with Gasteiger partial charge in [0.2, 0.25) is 11.8 Å². The standard InChI is InChI=1S/C25H24F3N5O3/c1-24(2)10-18-21(19(34)11-24)22(25(26,27)28)32-33(18)15-7-8-16(23(30)36)17(9-15)13-3-5-14(6-4-13)31-20(35)12-29/h3-9H,10-12,29H2,1-2H3,(H2,30,36)(H,31,35). The molecule has 0 aliphatic heterocycles. The molecule has 1 aliphatic carbocycles. The van der Waals surface area contributed by atoms with Crippen LogP contribution in [0.3, 0.4) is 0 Å². The van der Waals surface area contributed by atoms with Gasteiger partial charge in [0.25, 0.3) is 0 Å². The van der Waals surface area contributed by atoms with Crippen molar-refractivity contribution in [3.05, 3.63) is 65.0 Å². The fourth-order valence-electron chi connectivity index (χ4n) is 4.42. The van der Waals surface area contributed by atoms with E-state index in [0.29, 0.717) is 16.8 Å². The van der Waals surface area contributed by atoms with Crippen molar-refractivity contribution in [2.24, 2.45) is 16.9 Å². The van der Waals surface area contributed by atoms with E-state index in [2.05, 4.69) is 10.4 Å². The van der Waals surface area contributed by atoms with Crippen LogP contribution >= 0.6 is 0 Å². The zero-order chi connectivity index (χ0) is 26.4. The number of carbonyl (C=O) groups is 3. The SMILES string of the molecule is CC1(C)CC(=O)c2c(C(F)(F)F)nn(-c3ccc(C(N)=O)c(-c4ccc(NC(=O)CN)cc4)c3)c2C1. The third-order valence-electron chi connectivity index (χ3n) is 5.99. The Balaban J connectivity index is 1.87. The lowest BCUT2D eigenvalue weighted by molar-refractivity contribution is -0.141. The number of rotatable bonds is 5. The third-order valence-corrected chi connectivity index (χ3v) is 5.99. The molecule has 0 spiro atoms. The Morgan fingerprint density at radius 1 is 1.11 bits per heavy atom. The van der Waals surface area contributed by atoms with Gasteiger partial charge >= 0.3 is 6.18 Å². The summed E-state index contributed by atoms with van der Waals surface area (Å²) >= 11 is 0. The maximum absolute atomic E-state index is 13.8. The number of Topliss-reactive ketones (excluding diaryl/α,β-unsaturated/α-hetero) is 1. The molecule has 2 amide bonds. The molecule has 4 rings (SSSR count). The van der Waals surface area contributed by atoms with Crippen LogP contribution in [0.1, 0.15) is 52.4 Å². The summed E-state index contributed by atoms with van der Waals surface area (Å²) in [6.07, 6.45) is -4.63. The van der Waals surface area contributed by atoms with Crippen molar-refractivity contribution in [3.8, 4) is 16.8 Å². The van der Waals surface area contributed by atoms with E-state index in [-0.39, 0.29) is 42.2 Å². The number of halogens is 3. The van der Waals surface area contributed by atoms with Gasteiger partial charge < -0.3 is 16.8 Å². The van der Waals surface area contributed by atoms with E-state index in [4.69, 9.17) is 11.5 Å². The number of hydrogen-bond donors (Lipinski definition) is 3. The number of anilines is 1. The Morgan fingerprint density at radius 2 is 1.78 bits per heavy atom. The number of carbonyl (C=O) groups excluding carboxylic acids is 3. The summed E-state index contributed by atoms with van der Waals surface area (Å²) in [5, 5.41) is 6.41. The predicted molar refractivity (Wildman–Crippen MR) is 127 cm³/mol. The van der Waals surface area contributed by atoms with Crippen LogP contribution in [0.25, 0.3) is 16.8 Å². The third kappa shape index (κ3) is 4.74. The highest BCUT2D eigenvalue weighted by atomic mass is 19.4. The molecule has 8 nitrogen and oxygen atoms in total. The maximum atomic E-state index is 13.8. The minimum absolute atomic E-state index is 0.0202. The molecule has 0 atom stereocenters. The summed E-state index contributed by atoms with van der Waals surface area (Å²) in [5.74, 6) is -1.72. The molecule has 1 heterocycles.